The second-order valence-corrected chi connectivity index (χ2v) is 7.80. The number of aromatic hydroxyl groups is 1. The number of halogens is 1. The predicted octanol–water partition coefficient (Wildman–Crippen LogP) is 4.82. The predicted molar refractivity (Wildman–Crippen MR) is 117 cm³/mol. The molecule has 0 unspecified atom stereocenters. The first-order valence-corrected chi connectivity index (χ1v) is 10.1. The lowest BCUT2D eigenvalue weighted by molar-refractivity contribution is 0.301. The molecule has 6 nitrogen and oxygen atoms in total. The summed E-state index contributed by atoms with van der Waals surface area (Å²) < 4.78 is 12.5. The molecule has 1 aliphatic rings. The van der Waals surface area contributed by atoms with Crippen LogP contribution in [0.5, 0.6) is 17.2 Å². The van der Waals surface area contributed by atoms with Gasteiger partial charge in [0.1, 0.15) is 35.5 Å². The molecule has 3 N–H and O–H groups in total. The molecule has 0 bridgehead atoms. The summed E-state index contributed by atoms with van der Waals surface area (Å²) in [5.74, 6) is 0.383. The van der Waals surface area contributed by atoms with Crippen LogP contribution in [0.3, 0.4) is 0 Å². The van der Waals surface area contributed by atoms with Crippen molar-refractivity contribution in [3.63, 3.8) is 0 Å². The van der Waals surface area contributed by atoms with E-state index in [0.29, 0.717) is 28.2 Å². The lowest BCUT2D eigenvalue weighted by Crippen LogP contribution is -2.21. The maximum Gasteiger partial charge on any atom is 0.205 e. The quantitative estimate of drug-likeness (QED) is 0.561. The minimum absolute atomic E-state index is 0.0219. The number of nitrogens with two attached hydrogens (primary N) is 1. The molecule has 1 aliphatic heterocycles. The van der Waals surface area contributed by atoms with Gasteiger partial charge in [0.2, 0.25) is 5.88 Å². The molecule has 0 radical (unpaired) electrons. The molecule has 0 saturated heterocycles. The van der Waals surface area contributed by atoms with Crippen molar-refractivity contribution in [2.75, 3.05) is 0 Å². The van der Waals surface area contributed by atoms with Gasteiger partial charge in [0.25, 0.3) is 0 Å². The third kappa shape index (κ3) is 3.92. The van der Waals surface area contributed by atoms with Crippen LogP contribution in [0.15, 0.2) is 76.6 Å². The molecule has 0 aliphatic carbocycles. The molecule has 1 heterocycles. The average molecular weight is 474 g/mol. The smallest absolute Gasteiger partial charge is 0.205 e. The molecule has 3 aromatic rings. The molecular weight excluding hydrogens is 458 g/mol. The van der Waals surface area contributed by atoms with Gasteiger partial charge in [-0.2, -0.15) is 10.5 Å². The van der Waals surface area contributed by atoms with Crippen molar-refractivity contribution < 1.29 is 14.6 Å². The Bertz CT molecular complexity index is 1290. The fourth-order valence-electron chi connectivity index (χ4n) is 3.55. The molecule has 0 fully saturated rings. The fraction of sp³-hybridized carbons (Fsp3) is 0.0833. The zero-order valence-electron chi connectivity index (χ0n) is 16.2. The summed E-state index contributed by atoms with van der Waals surface area (Å²) in [4.78, 5) is 0. The highest BCUT2D eigenvalue weighted by Gasteiger charge is 2.33. The van der Waals surface area contributed by atoms with Gasteiger partial charge in [0.05, 0.1) is 17.6 Å². The van der Waals surface area contributed by atoms with E-state index in [0.717, 1.165) is 10.0 Å². The van der Waals surface area contributed by atoms with Crippen molar-refractivity contribution in [2.24, 2.45) is 5.73 Å². The number of rotatable bonds is 4. The van der Waals surface area contributed by atoms with Crippen LogP contribution in [0.1, 0.15) is 28.2 Å². The number of fused-ring (bicyclic) bond motifs is 1. The molecule has 0 aromatic heterocycles. The lowest BCUT2D eigenvalue weighted by atomic mass is 9.83. The normalized spacial score (nSPS) is 14.7. The topological polar surface area (TPSA) is 112 Å². The van der Waals surface area contributed by atoms with E-state index in [-0.39, 0.29) is 23.8 Å². The first-order chi connectivity index (χ1) is 15.0. The SMILES string of the molecule is N#CC1=C(N)Oc2cc(O)ccc2[C@H]1c1cc(Br)ccc1OCc1ccccc1C#N. The third-order valence-electron chi connectivity index (χ3n) is 5.01. The van der Waals surface area contributed by atoms with E-state index in [1.807, 2.05) is 24.3 Å². The van der Waals surface area contributed by atoms with E-state index in [4.69, 9.17) is 15.2 Å². The van der Waals surface area contributed by atoms with Crippen LogP contribution in [0.25, 0.3) is 0 Å². The standard InChI is InChI=1S/C24H16BrN3O3/c25-16-5-8-21(30-13-15-4-2-1-3-14(15)11-26)19(9-16)23-18-7-6-17(29)10-22(18)31-24(28)20(23)12-27/h1-10,23,29H,13,28H2/t23-/m0/s1. The van der Waals surface area contributed by atoms with E-state index in [1.165, 1.54) is 12.1 Å². The number of hydrogen-bond acceptors (Lipinski definition) is 6. The Balaban J connectivity index is 1.80. The minimum atomic E-state index is -0.548. The van der Waals surface area contributed by atoms with E-state index in [2.05, 4.69) is 28.1 Å². The summed E-state index contributed by atoms with van der Waals surface area (Å²) in [6.45, 7) is 0.186. The number of benzene rings is 3. The van der Waals surface area contributed by atoms with E-state index in [9.17, 15) is 15.6 Å². The molecule has 0 amide bonds. The summed E-state index contributed by atoms with van der Waals surface area (Å²) in [7, 11) is 0. The first-order valence-electron chi connectivity index (χ1n) is 9.32. The van der Waals surface area contributed by atoms with Crippen molar-refractivity contribution >= 4 is 15.9 Å². The van der Waals surface area contributed by atoms with Crippen LogP contribution in [0.2, 0.25) is 0 Å². The molecule has 1 atom stereocenters. The van der Waals surface area contributed by atoms with Gasteiger partial charge in [0, 0.05) is 27.2 Å². The highest BCUT2D eigenvalue weighted by molar-refractivity contribution is 9.10. The van der Waals surface area contributed by atoms with Gasteiger partial charge in [-0.1, -0.05) is 40.2 Å². The Labute approximate surface area is 187 Å². The minimum Gasteiger partial charge on any atom is -0.508 e. The molecule has 4 rings (SSSR count). The second-order valence-electron chi connectivity index (χ2n) is 6.89. The van der Waals surface area contributed by atoms with Gasteiger partial charge in [-0.15, -0.1) is 0 Å². The van der Waals surface area contributed by atoms with Crippen molar-refractivity contribution in [3.05, 3.63) is 98.8 Å². The van der Waals surface area contributed by atoms with Crippen LogP contribution < -0.4 is 15.2 Å². The molecular formula is C24H16BrN3O3. The van der Waals surface area contributed by atoms with Crippen molar-refractivity contribution in [1.29, 1.82) is 10.5 Å². The number of nitriles is 2. The van der Waals surface area contributed by atoms with Crippen LogP contribution in [0.4, 0.5) is 0 Å². The Morgan fingerprint density at radius 2 is 1.84 bits per heavy atom. The van der Waals surface area contributed by atoms with Crippen molar-refractivity contribution in [3.8, 4) is 29.4 Å². The molecule has 0 spiro atoms. The highest BCUT2D eigenvalue weighted by Crippen LogP contribution is 2.46. The second kappa shape index (κ2) is 8.43. The monoisotopic (exact) mass is 473 g/mol. The average Bonchev–Trinajstić information content (AvgIpc) is 2.77. The lowest BCUT2D eigenvalue weighted by Gasteiger charge is -2.28. The Kier molecular flexibility index (Phi) is 5.53. The van der Waals surface area contributed by atoms with Gasteiger partial charge in [-0.05, 0) is 30.3 Å². The molecule has 31 heavy (non-hydrogen) atoms. The Morgan fingerprint density at radius 3 is 2.61 bits per heavy atom. The van der Waals surface area contributed by atoms with Gasteiger partial charge >= 0.3 is 0 Å². The molecule has 7 heteroatoms. The Morgan fingerprint density at radius 1 is 1.03 bits per heavy atom. The fourth-order valence-corrected chi connectivity index (χ4v) is 3.93. The molecule has 152 valence electrons. The van der Waals surface area contributed by atoms with E-state index >= 15 is 0 Å². The first kappa shape index (κ1) is 20.3. The number of nitrogens with zero attached hydrogens (tertiary/aromatic N) is 2. The van der Waals surface area contributed by atoms with E-state index in [1.54, 1.807) is 24.3 Å². The summed E-state index contributed by atoms with van der Waals surface area (Å²) >= 11 is 3.49. The number of hydrogen-bond donors (Lipinski definition) is 2. The van der Waals surface area contributed by atoms with Gasteiger partial charge in [-0.3, -0.25) is 0 Å². The summed E-state index contributed by atoms with van der Waals surface area (Å²) in [6, 6.07) is 21.7. The van der Waals surface area contributed by atoms with Crippen LogP contribution in [0, 0.1) is 22.7 Å². The zero-order valence-corrected chi connectivity index (χ0v) is 17.8. The van der Waals surface area contributed by atoms with Crippen LogP contribution in [-0.2, 0) is 6.61 Å². The highest BCUT2D eigenvalue weighted by atomic mass is 79.9. The number of ether oxygens (including phenoxy) is 2. The summed E-state index contributed by atoms with van der Waals surface area (Å²) in [5.41, 5.74) is 8.97. The molecule has 0 saturated carbocycles. The maximum absolute atomic E-state index is 9.85. The number of phenolic OH excluding ortho intramolecular Hbond substituents is 1. The third-order valence-corrected chi connectivity index (χ3v) is 5.50. The largest absolute Gasteiger partial charge is 0.508 e. The van der Waals surface area contributed by atoms with Crippen molar-refractivity contribution in [1.82, 2.24) is 0 Å². The van der Waals surface area contributed by atoms with Crippen molar-refractivity contribution in [2.45, 2.75) is 12.5 Å². The van der Waals surface area contributed by atoms with E-state index < -0.39 is 5.92 Å². The van der Waals surface area contributed by atoms with Gasteiger partial charge in [0.15, 0.2) is 0 Å². The number of allylic oxidation sites excluding steroid dienone is 1. The number of phenols is 1. The Hall–Kier alpha value is -3.94. The van der Waals surface area contributed by atoms with Crippen LogP contribution in [-0.4, -0.2) is 5.11 Å². The summed E-state index contributed by atoms with van der Waals surface area (Å²) in [5, 5.41) is 29.0. The van der Waals surface area contributed by atoms with Gasteiger partial charge in [-0.25, -0.2) is 0 Å². The molecule has 3 aromatic carbocycles. The maximum atomic E-state index is 9.85. The zero-order chi connectivity index (χ0) is 22.0. The summed E-state index contributed by atoms with van der Waals surface area (Å²) in [6.07, 6.45) is 0. The van der Waals surface area contributed by atoms with Gasteiger partial charge < -0.3 is 20.3 Å². The van der Waals surface area contributed by atoms with Crippen LogP contribution >= 0.6 is 15.9 Å².